The van der Waals surface area contributed by atoms with Gasteiger partial charge in [-0.25, -0.2) is 0 Å². The number of ether oxygens (including phenoxy) is 4. The molecule has 0 aliphatic heterocycles. The summed E-state index contributed by atoms with van der Waals surface area (Å²) in [6, 6.07) is 0. The molecule has 4 unspecified atom stereocenters. The average molecular weight is 408 g/mol. The molecule has 0 amide bonds. The Bertz CT molecular complexity index is 153. The van der Waals surface area contributed by atoms with Gasteiger partial charge in [0.2, 0.25) is 0 Å². The van der Waals surface area contributed by atoms with Crippen molar-refractivity contribution in [3.05, 3.63) is 0 Å². The molecular weight excluding hydrogens is 368 g/mol. The summed E-state index contributed by atoms with van der Waals surface area (Å²) in [5.41, 5.74) is 0. The number of rotatable bonds is 8. The van der Waals surface area contributed by atoms with Crippen molar-refractivity contribution in [3.8, 4) is 0 Å². The molecule has 0 heterocycles. The Hall–Kier alpha value is 0.394. The molecule has 25 heavy (non-hydrogen) atoms. The third kappa shape index (κ3) is 79.6. The van der Waals surface area contributed by atoms with Gasteiger partial charge in [0, 0.05) is 50.2 Å². The summed E-state index contributed by atoms with van der Waals surface area (Å²) in [7, 11) is 6.25. The molecule has 156 valence electrons. The molecular formula is C16H40O8Ti. The van der Waals surface area contributed by atoms with Crippen molar-refractivity contribution < 1.29 is 61.1 Å². The quantitative estimate of drug-likeness (QED) is 0.417. The van der Waals surface area contributed by atoms with Gasteiger partial charge in [0.15, 0.2) is 0 Å². The fraction of sp³-hybridized carbons (Fsp3) is 1.00. The van der Waals surface area contributed by atoms with Crippen LogP contribution >= 0.6 is 0 Å². The minimum atomic E-state index is -0.324. The van der Waals surface area contributed by atoms with Gasteiger partial charge in [0.05, 0.1) is 50.8 Å². The van der Waals surface area contributed by atoms with Gasteiger partial charge >= 0.3 is 0 Å². The van der Waals surface area contributed by atoms with E-state index in [1.807, 2.05) is 0 Å². The van der Waals surface area contributed by atoms with Gasteiger partial charge in [-0.05, 0) is 27.7 Å². The van der Waals surface area contributed by atoms with E-state index in [9.17, 15) is 0 Å². The first-order chi connectivity index (χ1) is 11.1. The van der Waals surface area contributed by atoms with Crippen molar-refractivity contribution in [2.75, 3.05) is 54.9 Å². The Morgan fingerprint density at radius 1 is 0.480 bits per heavy atom. The van der Waals surface area contributed by atoms with Crippen molar-refractivity contribution in [2.45, 2.75) is 52.1 Å². The van der Waals surface area contributed by atoms with Gasteiger partial charge in [-0.1, -0.05) is 0 Å². The van der Waals surface area contributed by atoms with Gasteiger partial charge < -0.3 is 39.4 Å². The third-order valence-corrected chi connectivity index (χ3v) is 1.63. The van der Waals surface area contributed by atoms with Gasteiger partial charge in [-0.15, -0.1) is 0 Å². The van der Waals surface area contributed by atoms with Crippen LogP contribution in [0.2, 0.25) is 0 Å². The van der Waals surface area contributed by atoms with Crippen LogP contribution in [0.3, 0.4) is 0 Å². The number of hydrogen-bond donors (Lipinski definition) is 4. The van der Waals surface area contributed by atoms with Crippen molar-refractivity contribution in [2.24, 2.45) is 0 Å². The summed E-state index contributed by atoms with van der Waals surface area (Å²) in [4.78, 5) is 0. The number of aliphatic hydroxyl groups excluding tert-OH is 4. The summed E-state index contributed by atoms with van der Waals surface area (Å²) < 4.78 is 18.2. The van der Waals surface area contributed by atoms with E-state index < -0.39 is 0 Å². The molecule has 4 N–H and O–H groups in total. The normalized spacial score (nSPS) is 13.9. The van der Waals surface area contributed by atoms with Crippen molar-refractivity contribution in [3.63, 3.8) is 0 Å². The Morgan fingerprint density at radius 2 is 0.600 bits per heavy atom. The maximum absolute atomic E-state index is 8.43. The van der Waals surface area contributed by atoms with Gasteiger partial charge in [-0.3, -0.25) is 0 Å². The zero-order valence-electron chi connectivity index (χ0n) is 17.1. The first-order valence-electron chi connectivity index (χ1n) is 7.76. The number of hydrogen-bond acceptors (Lipinski definition) is 8. The second kappa shape index (κ2) is 32.1. The standard InChI is InChI=1S/4C4H10O2.Ti/c4*1-4(5)3-6-2;/h4*4-5H,3H2,1-2H3;. The third-order valence-electron chi connectivity index (χ3n) is 1.63. The van der Waals surface area contributed by atoms with Gasteiger partial charge in [0.1, 0.15) is 0 Å². The SMILES string of the molecule is COCC(C)O.COCC(C)O.COCC(C)O.COCC(C)O.[Ti]. The molecule has 8 nitrogen and oxygen atoms in total. The van der Waals surface area contributed by atoms with Crippen LogP contribution < -0.4 is 0 Å². The second-order valence-corrected chi connectivity index (χ2v) is 5.22. The molecule has 0 bridgehead atoms. The van der Waals surface area contributed by atoms with E-state index in [0.29, 0.717) is 26.4 Å². The van der Waals surface area contributed by atoms with Crippen molar-refractivity contribution in [1.29, 1.82) is 0 Å². The van der Waals surface area contributed by atoms with Crippen LogP contribution in [0, 0.1) is 0 Å². The zero-order chi connectivity index (χ0) is 20.0. The summed E-state index contributed by atoms with van der Waals surface area (Å²) in [6.07, 6.45) is -1.30. The molecule has 0 aromatic carbocycles. The smallest absolute Gasteiger partial charge is 0.0745 e. The molecule has 0 aromatic heterocycles. The van der Waals surface area contributed by atoms with Crippen LogP contribution in [0.4, 0.5) is 0 Å². The van der Waals surface area contributed by atoms with Crippen molar-refractivity contribution in [1.82, 2.24) is 0 Å². The van der Waals surface area contributed by atoms with Crippen LogP contribution in [-0.4, -0.2) is 99.7 Å². The Balaban J connectivity index is -0.0000000702. The topological polar surface area (TPSA) is 118 Å². The number of aliphatic hydroxyl groups is 4. The number of methoxy groups -OCH3 is 4. The predicted molar refractivity (Wildman–Crippen MR) is 94.2 cm³/mol. The Labute approximate surface area is 168 Å². The maximum Gasteiger partial charge on any atom is 0.0745 e. The molecule has 0 saturated carbocycles. The van der Waals surface area contributed by atoms with E-state index in [0.717, 1.165) is 0 Å². The van der Waals surface area contributed by atoms with Crippen LogP contribution in [0.5, 0.6) is 0 Å². The Morgan fingerprint density at radius 3 is 0.600 bits per heavy atom. The molecule has 0 aromatic rings. The van der Waals surface area contributed by atoms with E-state index in [1.165, 1.54) is 0 Å². The monoisotopic (exact) mass is 408 g/mol. The molecule has 4 atom stereocenters. The van der Waals surface area contributed by atoms with Crippen LogP contribution in [0.15, 0.2) is 0 Å². The first kappa shape index (κ1) is 36.3. The average Bonchev–Trinajstić information content (AvgIpc) is 2.39. The maximum atomic E-state index is 8.43. The summed E-state index contributed by atoms with van der Waals surface area (Å²) in [5.74, 6) is 0. The van der Waals surface area contributed by atoms with Crippen LogP contribution in [0.25, 0.3) is 0 Å². The van der Waals surface area contributed by atoms with E-state index >= 15 is 0 Å². The summed E-state index contributed by atoms with van der Waals surface area (Å²) in [5, 5.41) is 33.7. The fourth-order valence-corrected chi connectivity index (χ4v) is 0.965. The van der Waals surface area contributed by atoms with E-state index in [1.54, 1.807) is 56.1 Å². The molecule has 9 heteroatoms. The fourth-order valence-electron chi connectivity index (χ4n) is 0.965. The molecule has 0 spiro atoms. The second-order valence-electron chi connectivity index (χ2n) is 5.22. The molecule has 0 rings (SSSR count). The van der Waals surface area contributed by atoms with E-state index in [2.05, 4.69) is 18.9 Å². The predicted octanol–water partition coefficient (Wildman–Crippen LogP) is 0.0519. The van der Waals surface area contributed by atoms with Gasteiger partial charge in [-0.2, -0.15) is 0 Å². The molecule has 0 saturated heterocycles. The van der Waals surface area contributed by atoms with Gasteiger partial charge in [0.25, 0.3) is 0 Å². The van der Waals surface area contributed by atoms with Crippen LogP contribution in [-0.2, 0) is 40.7 Å². The minimum absolute atomic E-state index is 0. The van der Waals surface area contributed by atoms with Crippen LogP contribution in [0.1, 0.15) is 27.7 Å². The van der Waals surface area contributed by atoms with E-state index in [4.69, 9.17) is 20.4 Å². The molecule has 0 aliphatic carbocycles. The Kier molecular flexibility index (Phi) is 46.6. The zero-order valence-corrected chi connectivity index (χ0v) is 18.6. The minimum Gasteiger partial charge on any atom is -0.391 e. The molecule has 0 radical (unpaired) electrons. The van der Waals surface area contributed by atoms with E-state index in [-0.39, 0.29) is 46.1 Å². The molecule has 0 fully saturated rings. The molecule has 0 aliphatic rings. The largest absolute Gasteiger partial charge is 0.391 e. The summed E-state index contributed by atoms with van der Waals surface area (Å²) in [6.45, 7) is 8.46. The summed E-state index contributed by atoms with van der Waals surface area (Å²) >= 11 is 0. The van der Waals surface area contributed by atoms with Crippen molar-refractivity contribution >= 4 is 0 Å². The first-order valence-corrected chi connectivity index (χ1v) is 7.76.